The molecule has 2 aliphatic heterocycles. The van der Waals surface area contributed by atoms with Crippen molar-refractivity contribution in [2.24, 2.45) is 0 Å². The molecule has 0 spiro atoms. The summed E-state index contributed by atoms with van der Waals surface area (Å²) in [7, 11) is 0. The van der Waals surface area contributed by atoms with E-state index in [4.69, 9.17) is 0 Å². The average Bonchev–Trinajstić information content (AvgIpc) is 2.53. The Kier molecular flexibility index (Phi) is 4.34. The lowest BCUT2D eigenvalue weighted by atomic mass is 9.98. The zero-order valence-electron chi connectivity index (χ0n) is 12.2. The maximum atomic E-state index is 12.6. The van der Waals surface area contributed by atoms with Gasteiger partial charge in [-0.1, -0.05) is 30.4 Å². The molecule has 0 saturated heterocycles. The SMILES string of the molecule is Cc1cccc2c1N(C(=O)CSC1C=CC=CN1)CCC2. The van der Waals surface area contributed by atoms with Crippen molar-refractivity contribution in [3.63, 3.8) is 0 Å². The van der Waals surface area contributed by atoms with Crippen LogP contribution in [0.1, 0.15) is 17.5 Å². The summed E-state index contributed by atoms with van der Waals surface area (Å²) in [6.45, 7) is 2.93. The number of hydrogen-bond acceptors (Lipinski definition) is 3. The summed E-state index contributed by atoms with van der Waals surface area (Å²) < 4.78 is 0. The van der Waals surface area contributed by atoms with Gasteiger partial charge in [-0.05, 0) is 43.2 Å². The predicted octanol–water partition coefficient (Wildman–Crippen LogP) is 3.01. The number of benzene rings is 1. The first-order valence-electron chi connectivity index (χ1n) is 7.35. The minimum Gasteiger partial charge on any atom is -0.376 e. The van der Waals surface area contributed by atoms with Crippen molar-refractivity contribution in [3.05, 3.63) is 53.8 Å². The highest BCUT2D eigenvalue weighted by Gasteiger charge is 2.24. The van der Waals surface area contributed by atoms with Crippen LogP contribution < -0.4 is 10.2 Å². The van der Waals surface area contributed by atoms with E-state index in [0.717, 1.165) is 25.1 Å². The molecule has 21 heavy (non-hydrogen) atoms. The summed E-state index contributed by atoms with van der Waals surface area (Å²) in [6.07, 6.45) is 10.1. The molecule has 3 nitrogen and oxygen atoms in total. The summed E-state index contributed by atoms with van der Waals surface area (Å²) in [4.78, 5) is 14.6. The Labute approximate surface area is 130 Å². The van der Waals surface area contributed by atoms with E-state index >= 15 is 0 Å². The molecule has 2 aliphatic rings. The Hall–Kier alpha value is -1.68. The molecule has 0 aromatic heterocycles. The summed E-state index contributed by atoms with van der Waals surface area (Å²) in [5.41, 5.74) is 3.64. The number of aryl methyl sites for hydroxylation is 2. The van der Waals surface area contributed by atoms with E-state index < -0.39 is 0 Å². The molecule has 110 valence electrons. The molecule has 3 rings (SSSR count). The van der Waals surface area contributed by atoms with E-state index in [-0.39, 0.29) is 11.3 Å². The van der Waals surface area contributed by atoms with Crippen LogP contribution in [0, 0.1) is 6.92 Å². The first-order valence-corrected chi connectivity index (χ1v) is 8.40. The second kappa shape index (κ2) is 6.39. The van der Waals surface area contributed by atoms with Gasteiger partial charge in [-0.3, -0.25) is 4.79 Å². The number of thioether (sulfide) groups is 1. The molecule has 1 unspecified atom stereocenters. The summed E-state index contributed by atoms with van der Waals surface area (Å²) >= 11 is 1.64. The second-order valence-electron chi connectivity index (χ2n) is 5.37. The van der Waals surface area contributed by atoms with Crippen LogP contribution in [0.3, 0.4) is 0 Å². The smallest absolute Gasteiger partial charge is 0.237 e. The van der Waals surface area contributed by atoms with Gasteiger partial charge in [-0.2, -0.15) is 0 Å². The van der Waals surface area contributed by atoms with Crippen molar-refractivity contribution in [1.82, 2.24) is 5.32 Å². The van der Waals surface area contributed by atoms with Gasteiger partial charge >= 0.3 is 0 Å². The number of dihydropyridines is 1. The zero-order chi connectivity index (χ0) is 14.7. The van der Waals surface area contributed by atoms with Crippen LogP contribution in [0.15, 0.2) is 42.6 Å². The Balaban J connectivity index is 1.69. The minimum absolute atomic E-state index is 0.195. The maximum absolute atomic E-state index is 12.6. The van der Waals surface area contributed by atoms with E-state index in [0.29, 0.717) is 5.75 Å². The molecule has 1 aromatic carbocycles. The lowest BCUT2D eigenvalue weighted by Crippen LogP contribution is -2.38. The largest absolute Gasteiger partial charge is 0.376 e. The minimum atomic E-state index is 0.195. The number of carbonyl (C=O) groups excluding carboxylic acids is 1. The number of carbonyl (C=O) groups is 1. The highest BCUT2D eigenvalue weighted by atomic mass is 32.2. The molecular formula is C17H20N2OS. The van der Waals surface area contributed by atoms with E-state index in [2.05, 4.69) is 36.5 Å². The van der Waals surface area contributed by atoms with E-state index in [1.807, 2.05) is 23.3 Å². The number of fused-ring (bicyclic) bond motifs is 1. The van der Waals surface area contributed by atoms with Gasteiger partial charge in [0, 0.05) is 12.2 Å². The molecule has 0 radical (unpaired) electrons. The van der Waals surface area contributed by atoms with Gasteiger partial charge in [-0.25, -0.2) is 0 Å². The van der Waals surface area contributed by atoms with Crippen LogP contribution in [-0.2, 0) is 11.2 Å². The molecule has 4 heteroatoms. The summed E-state index contributed by atoms with van der Waals surface area (Å²) in [5.74, 6) is 0.712. The molecule has 1 amide bonds. The van der Waals surface area contributed by atoms with Gasteiger partial charge in [0.15, 0.2) is 0 Å². The quantitative estimate of drug-likeness (QED) is 0.931. The molecular weight excluding hydrogens is 280 g/mol. The fraction of sp³-hybridized carbons (Fsp3) is 0.353. The van der Waals surface area contributed by atoms with Crippen molar-refractivity contribution in [3.8, 4) is 0 Å². The first-order chi connectivity index (χ1) is 10.3. The molecule has 0 fully saturated rings. The van der Waals surface area contributed by atoms with Crippen LogP contribution in [0.4, 0.5) is 5.69 Å². The monoisotopic (exact) mass is 300 g/mol. The fourth-order valence-electron chi connectivity index (χ4n) is 2.87. The van der Waals surface area contributed by atoms with Gasteiger partial charge in [0.1, 0.15) is 0 Å². The second-order valence-corrected chi connectivity index (χ2v) is 6.50. The number of hydrogen-bond donors (Lipinski definition) is 1. The van der Waals surface area contributed by atoms with Gasteiger partial charge < -0.3 is 10.2 Å². The van der Waals surface area contributed by atoms with Crippen LogP contribution in [-0.4, -0.2) is 23.6 Å². The summed E-state index contributed by atoms with van der Waals surface area (Å²) in [6, 6.07) is 6.32. The lowest BCUT2D eigenvalue weighted by molar-refractivity contribution is -0.116. The number of allylic oxidation sites excluding steroid dienone is 2. The Morgan fingerprint density at radius 3 is 3.14 bits per heavy atom. The third kappa shape index (κ3) is 3.16. The van der Waals surface area contributed by atoms with Crippen molar-refractivity contribution in [1.29, 1.82) is 0 Å². The first kappa shape index (κ1) is 14.3. The number of rotatable bonds is 3. The Bertz CT molecular complexity index is 594. The van der Waals surface area contributed by atoms with Crippen LogP contribution in [0.5, 0.6) is 0 Å². The lowest BCUT2D eigenvalue weighted by Gasteiger charge is -2.31. The maximum Gasteiger partial charge on any atom is 0.237 e. The van der Waals surface area contributed by atoms with Crippen molar-refractivity contribution >= 4 is 23.4 Å². The standard InChI is InChI=1S/C17H20N2OS/c1-13-6-4-7-14-8-5-11-19(17(13)14)16(20)12-21-15-9-2-3-10-18-15/h2-4,6-7,9-10,15,18H,5,8,11-12H2,1H3. The zero-order valence-corrected chi connectivity index (χ0v) is 13.0. The van der Waals surface area contributed by atoms with Crippen molar-refractivity contribution < 1.29 is 4.79 Å². The molecule has 1 N–H and O–H groups in total. The topological polar surface area (TPSA) is 32.3 Å². The van der Waals surface area contributed by atoms with Gasteiger partial charge in [-0.15, -0.1) is 11.8 Å². The number of amides is 1. The third-order valence-corrected chi connectivity index (χ3v) is 4.93. The van der Waals surface area contributed by atoms with Crippen LogP contribution in [0.25, 0.3) is 0 Å². The van der Waals surface area contributed by atoms with Gasteiger partial charge in [0.2, 0.25) is 5.91 Å². The van der Waals surface area contributed by atoms with Crippen LogP contribution in [0.2, 0.25) is 0 Å². The van der Waals surface area contributed by atoms with Gasteiger partial charge in [0.05, 0.1) is 11.1 Å². The Morgan fingerprint density at radius 1 is 1.43 bits per heavy atom. The number of anilines is 1. The molecule has 2 heterocycles. The van der Waals surface area contributed by atoms with E-state index in [9.17, 15) is 4.79 Å². The molecule has 1 atom stereocenters. The van der Waals surface area contributed by atoms with Crippen molar-refractivity contribution in [2.45, 2.75) is 25.1 Å². The van der Waals surface area contributed by atoms with E-state index in [1.165, 1.54) is 11.1 Å². The molecule has 0 saturated carbocycles. The molecule has 0 aliphatic carbocycles. The fourth-order valence-corrected chi connectivity index (χ4v) is 3.72. The van der Waals surface area contributed by atoms with Gasteiger partial charge in [0.25, 0.3) is 0 Å². The highest BCUT2D eigenvalue weighted by molar-refractivity contribution is 8.00. The normalized spacial score (nSPS) is 20.0. The summed E-state index contributed by atoms with van der Waals surface area (Å²) in [5, 5.41) is 3.43. The predicted molar refractivity (Wildman–Crippen MR) is 89.5 cm³/mol. The molecule has 0 bridgehead atoms. The van der Waals surface area contributed by atoms with Crippen LogP contribution >= 0.6 is 11.8 Å². The number of nitrogens with zero attached hydrogens (tertiary/aromatic N) is 1. The molecule has 1 aromatic rings. The number of nitrogens with one attached hydrogen (secondary N) is 1. The highest BCUT2D eigenvalue weighted by Crippen LogP contribution is 2.31. The van der Waals surface area contributed by atoms with E-state index in [1.54, 1.807) is 11.8 Å². The van der Waals surface area contributed by atoms with Crippen molar-refractivity contribution in [2.75, 3.05) is 17.2 Å². The number of para-hydroxylation sites is 1. The Morgan fingerprint density at radius 2 is 2.33 bits per heavy atom. The average molecular weight is 300 g/mol. The third-order valence-electron chi connectivity index (χ3n) is 3.86.